The minimum absolute atomic E-state index is 0.395. The van der Waals surface area contributed by atoms with Crippen molar-refractivity contribution in [3.05, 3.63) is 34.9 Å². The smallest absolute Gasteiger partial charge is 0.338 e. The molecule has 19 heavy (non-hydrogen) atoms. The van der Waals surface area contributed by atoms with Gasteiger partial charge in [0.25, 0.3) is 0 Å². The van der Waals surface area contributed by atoms with Gasteiger partial charge in [0.15, 0.2) is 11.4 Å². The van der Waals surface area contributed by atoms with Crippen molar-refractivity contribution < 1.29 is 19.4 Å². The normalized spacial score (nSPS) is 29.4. The number of carboxylic acid groups (broad SMARTS) is 1. The molecule has 0 spiro atoms. The average molecular weight is 285 g/mol. The fourth-order valence-electron chi connectivity index (χ4n) is 2.34. The van der Waals surface area contributed by atoms with Crippen LogP contribution >= 0.6 is 11.6 Å². The van der Waals surface area contributed by atoms with Crippen LogP contribution in [-0.2, 0) is 20.7 Å². The Hall–Kier alpha value is -1.10. The van der Waals surface area contributed by atoms with Crippen molar-refractivity contribution in [2.75, 3.05) is 0 Å². The third-order valence-corrected chi connectivity index (χ3v) is 3.65. The number of hydrogen-bond donors (Lipinski definition) is 1. The van der Waals surface area contributed by atoms with Crippen molar-refractivity contribution in [3.8, 4) is 0 Å². The third-order valence-electron chi connectivity index (χ3n) is 3.29. The van der Waals surface area contributed by atoms with E-state index in [4.69, 9.17) is 21.1 Å². The summed E-state index contributed by atoms with van der Waals surface area (Å²) in [4.78, 5) is 11.5. The van der Waals surface area contributed by atoms with E-state index in [0.29, 0.717) is 11.4 Å². The summed E-state index contributed by atoms with van der Waals surface area (Å²) in [7, 11) is 0. The summed E-state index contributed by atoms with van der Waals surface area (Å²) < 4.78 is 11.3. The van der Waals surface area contributed by atoms with E-state index in [2.05, 4.69) is 0 Å². The second kappa shape index (κ2) is 4.78. The fourth-order valence-corrected chi connectivity index (χ4v) is 2.55. The molecule has 1 saturated heterocycles. The van der Waals surface area contributed by atoms with Gasteiger partial charge in [-0.25, -0.2) is 4.79 Å². The molecule has 2 rings (SSSR count). The second-order valence-electron chi connectivity index (χ2n) is 5.32. The van der Waals surface area contributed by atoms with Gasteiger partial charge in [0.1, 0.15) is 6.10 Å². The van der Waals surface area contributed by atoms with E-state index in [-0.39, 0.29) is 0 Å². The molecule has 0 unspecified atom stereocenters. The van der Waals surface area contributed by atoms with Crippen LogP contribution in [0.25, 0.3) is 0 Å². The quantitative estimate of drug-likeness (QED) is 0.927. The molecule has 1 aromatic carbocycles. The second-order valence-corrected chi connectivity index (χ2v) is 5.72. The van der Waals surface area contributed by atoms with Crippen molar-refractivity contribution in [2.45, 2.75) is 44.7 Å². The van der Waals surface area contributed by atoms with E-state index in [9.17, 15) is 9.90 Å². The van der Waals surface area contributed by atoms with Gasteiger partial charge in [-0.05, 0) is 32.4 Å². The number of halogens is 1. The van der Waals surface area contributed by atoms with Crippen molar-refractivity contribution in [3.63, 3.8) is 0 Å². The van der Waals surface area contributed by atoms with Crippen LogP contribution in [0.3, 0.4) is 0 Å². The van der Waals surface area contributed by atoms with Gasteiger partial charge in [-0.1, -0.05) is 29.8 Å². The van der Waals surface area contributed by atoms with E-state index in [1.807, 2.05) is 18.2 Å². The van der Waals surface area contributed by atoms with Crippen molar-refractivity contribution in [1.82, 2.24) is 0 Å². The Balaban J connectivity index is 2.28. The number of carbonyl (C=O) groups is 1. The Morgan fingerprint density at radius 2 is 2.00 bits per heavy atom. The van der Waals surface area contributed by atoms with Crippen LogP contribution in [0.2, 0.25) is 5.02 Å². The zero-order valence-corrected chi connectivity index (χ0v) is 11.9. The predicted octanol–water partition coefficient (Wildman–Crippen LogP) is 2.88. The van der Waals surface area contributed by atoms with Gasteiger partial charge >= 0.3 is 5.97 Å². The molecule has 0 amide bonds. The Morgan fingerprint density at radius 1 is 1.37 bits per heavy atom. The summed E-state index contributed by atoms with van der Waals surface area (Å²) in [5.74, 6) is -1.95. The molecule has 1 aliphatic rings. The van der Waals surface area contributed by atoms with Crippen LogP contribution in [0.15, 0.2) is 24.3 Å². The van der Waals surface area contributed by atoms with Crippen LogP contribution in [-0.4, -0.2) is 28.6 Å². The molecule has 0 saturated carbocycles. The third kappa shape index (κ3) is 2.76. The lowest BCUT2D eigenvalue weighted by Gasteiger charge is -2.24. The maximum Gasteiger partial charge on any atom is 0.338 e. The van der Waals surface area contributed by atoms with Gasteiger partial charge < -0.3 is 14.6 Å². The van der Waals surface area contributed by atoms with E-state index >= 15 is 0 Å². The van der Waals surface area contributed by atoms with Crippen molar-refractivity contribution in [2.24, 2.45) is 0 Å². The van der Waals surface area contributed by atoms with E-state index in [1.54, 1.807) is 19.9 Å². The molecule has 0 aliphatic carbocycles. The minimum atomic E-state index is -1.37. The molecule has 4 nitrogen and oxygen atoms in total. The van der Waals surface area contributed by atoms with Gasteiger partial charge in [0, 0.05) is 11.4 Å². The first-order valence-corrected chi connectivity index (χ1v) is 6.47. The highest BCUT2D eigenvalue weighted by Crippen LogP contribution is 2.38. The first-order valence-electron chi connectivity index (χ1n) is 6.09. The Bertz CT molecular complexity index is 500. The lowest BCUT2D eigenvalue weighted by atomic mass is 9.93. The molecule has 0 radical (unpaired) electrons. The van der Waals surface area contributed by atoms with E-state index < -0.39 is 23.5 Å². The lowest BCUT2D eigenvalue weighted by Crippen LogP contribution is -2.46. The molecular weight excluding hydrogens is 268 g/mol. The average Bonchev–Trinajstić information content (AvgIpc) is 2.53. The molecule has 1 aromatic rings. The summed E-state index contributed by atoms with van der Waals surface area (Å²) in [6.45, 7) is 4.95. The van der Waals surface area contributed by atoms with Crippen LogP contribution in [0.1, 0.15) is 26.3 Å². The first kappa shape index (κ1) is 14.3. The standard InChI is InChI=1S/C14H17ClO4/c1-13(2)18-11(14(3,19-13)12(16)17)8-9-6-4-5-7-10(9)15/h4-7,11H,8H2,1-3H3,(H,16,17)/t11-,14+/m1/s1. The van der Waals surface area contributed by atoms with Crippen molar-refractivity contribution >= 4 is 17.6 Å². The summed E-state index contributed by atoms with van der Waals surface area (Å²) in [5.41, 5.74) is -0.522. The van der Waals surface area contributed by atoms with E-state index in [1.165, 1.54) is 6.92 Å². The maximum absolute atomic E-state index is 11.5. The van der Waals surface area contributed by atoms with Gasteiger partial charge in [-0.2, -0.15) is 0 Å². The van der Waals surface area contributed by atoms with Gasteiger partial charge in [-0.3, -0.25) is 0 Å². The zero-order valence-electron chi connectivity index (χ0n) is 11.1. The predicted molar refractivity (Wildman–Crippen MR) is 71.2 cm³/mol. The molecule has 1 heterocycles. The summed E-state index contributed by atoms with van der Waals surface area (Å²) in [5, 5.41) is 9.98. The molecular formula is C14H17ClO4. The molecule has 5 heteroatoms. The number of hydrogen-bond acceptors (Lipinski definition) is 3. The Morgan fingerprint density at radius 3 is 2.58 bits per heavy atom. The Labute approximate surface area is 117 Å². The zero-order chi connectivity index (χ0) is 14.3. The fraction of sp³-hybridized carbons (Fsp3) is 0.500. The summed E-state index contributed by atoms with van der Waals surface area (Å²) in [6.07, 6.45) is -0.189. The number of benzene rings is 1. The monoisotopic (exact) mass is 284 g/mol. The SMILES string of the molecule is CC1(C)O[C@H](Cc2ccccc2Cl)[C@@](C)(C(=O)O)O1. The van der Waals surface area contributed by atoms with Crippen LogP contribution in [0, 0.1) is 0 Å². The van der Waals surface area contributed by atoms with Crippen LogP contribution < -0.4 is 0 Å². The van der Waals surface area contributed by atoms with Crippen LogP contribution in [0.5, 0.6) is 0 Å². The number of rotatable bonds is 3. The highest BCUT2D eigenvalue weighted by Gasteiger charge is 2.55. The van der Waals surface area contributed by atoms with Crippen molar-refractivity contribution in [1.29, 1.82) is 0 Å². The largest absolute Gasteiger partial charge is 0.479 e. The highest BCUT2D eigenvalue weighted by molar-refractivity contribution is 6.31. The van der Waals surface area contributed by atoms with E-state index in [0.717, 1.165) is 5.56 Å². The minimum Gasteiger partial charge on any atom is -0.479 e. The molecule has 0 bridgehead atoms. The Kier molecular flexibility index (Phi) is 3.60. The molecule has 1 N–H and O–H groups in total. The lowest BCUT2D eigenvalue weighted by molar-refractivity contribution is -0.182. The molecule has 0 aromatic heterocycles. The van der Waals surface area contributed by atoms with Gasteiger partial charge in [0.05, 0.1) is 0 Å². The first-order chi connectivity index (χ1) is 8.74. The maximum atomic E-state index is 11.5. The topological polar surface area (TPSA) is 55.8 Å². The summed E-state index contributed by atoms with van der Waals surface area (Å²) in [6, 6.07) is 7.33. The highest BCUT2D eigenvalue weighted by atomic mass is 35.5. The van der Waals surface area contributed by atoms with Crippen LogP contribution in [0.4, 0.5) is 0 Å². The van der Waals surface area contributed by atoms with Gasteiger partial charge in [0.2, 0.25) is 0 Å². The molecule has 1 aliphatic heterocycles. The number of carboxylic acids is 1. The number of aliphatic carboxylic acids is 1. The summed E-state index contributed by atoms with van der Waals surface area (Å²) >= 11 is 6.10. The van der Waals surface area contributed by atoms with Gasteiger partial charge in [-0.15, -0.1) is 0 Å². The molecule has 2 atom stereocenters. The molecule has 1 fully saturated rings. The number of ether oxygens (including phenoxy) is 2. The molecule has 104 valence electrons.